The Kier molecular flexibility index (Phi) is 6.37. The van der Waals surface area contributed by atoms with Gasteiger partial charge in [0.05, 0.1) is 18.5 Å². The molecule has 0 N–H and O–H groups in total. The van der Waals surface area contributed by atoms with E-state index in [0.717, 1.165) is 22.4 Å². The molecule has 1 amide bonds. The van der Waals surface area contributed by atoms with Crippen molar-refractivity contribution < 1.29 is 9.53 Å². The van der Waals surface area contributed by atoms with Gasteiger partial charge in [-0.25, -0.2) is 4.98 Å². The number of nitrogens with zero attached hydrogens (tertiary/aromatic N) is 2. The first-order valence-electron chi connectivity index (χ1n) is 8.68. The molecule has 25 heavy (non-hydrogen) atoms. The average molecular weight is 377 g/mol. The van der Waals surface area contributed by atoms with Crippen molar-refractivity contribution in [2.24, 2.45) is 0 Å². The number of methoxy groups -OCH3 is 1. The van der Waals surface area contributed by atoms with Crippen molar-refractivity contribution in [3.8, 4) is 5.75 Å². The van der Waals surface area contributed by atoms with Crippen LogP contribution in [0.25, 0.3) is 0 Å². The fraction of sp³-hybridized carbons (Fsp3) is 0.474. The minimum Gasteiger partial charge on any atom is -0.495 e. The van der Waals surface area contributed by atoms with Gasteiger partial charge in [-0.15, -0.1) is 11.3 Å². The molecule has 1 aliphatic rings. The van der Waals surface area contributed by atoms with E-state index < -0.39 is 0 Å². The smallest absolute Gasteiger partial charge is 0.230 e. The standard InChI is InChI=1S/C19H24N2O2S2/c1-14(22)21(17-10-6-7-11-18(17)23-2)19-20-15(13-25-19)12-24-16-8-4-3-5-9-16/h6-7,10-11,13,16H,3-5,8-9,12H2,1-2H3. The van der Waals surface area contributed by atoms with Crippen molar-refractivity contribution >= 4 is 39.8 Å². The number of carbonyl (C=O) groups excluding carboxylic acids is 1. The summed E-state index contributed by atoms with van der Waals surface area (Å²) in [6.45, 7) is 1.56. The molecule has 3 rings (SSSR count). The van der Waals surface area contributed by atoms with Gasteiger partial charge in [0.25, 0.3) is 0 Å². The van der Waals surface area contributed by atoms with Gasteiger partial charge in [-0.05, 0) is 25.0 Å². The molecule has 1 heterocycles. The van der Waals surface area contributed by atoms with E-state index in [0.29, 0.717) is 10.9 Å². The number of hydrogen-bond acceptors (Lipinski definition) is 5. The maximum Gasteiger partial charge on any atom is 0.230 e. The summed E-state index contributed by atoms with van der Waals surface area (Å²) in [5.74, 6) is 1.52. The zero-order chi connectivity index (χ0) is 17.6. The van der Waals surface area contributed by atoms with Gasteiger partial charge in [-0.1, -0.05) is 31.4 Å². The Labute approximate surface area is 157 Å². The monoisotopic (exact) mass is 376 g/mol. The number of anilines is 2. The van der Waals surface area contributed by atoms with Crippen molar-refractivity contribution in [3.05, 3.63) is 35.3 Å². The fourth-order valence-corrected chi connectivity index (χ4v) is 5.33. The molecule has 0 unspecified atom stereocenters. The van der Waals surface area contributed by atoms with Crippen LogP contribution in [0.4, 0.5) is 10.8 Å². The molecule has 0 spiro atoms. The Morgan fingerprint density at radius 3 is 2.80 bits per heavy atom. The van der Waals surface area contributed by atoms with Gasteiger partial charge >= 0.3 is 0 Å². The summed E-state index contributed by atoms with van der Waals surface area (Å²) >= 11 is 3.52. The van der Waals surface area contributed by atoms with Crippen molar-refractivity contribution in [3.63, 3.8) is 0 Å². The normalized spacial score (nSPS) is 15.1. The van der Waals surface area contributed by atoms with Gasteiger partial charge in [0, 0.05) is 23.3 Å². The predicted molar refractivity (Wildman–Crippen MR) is 106 cm³/mol. The first kappa shape index (κ1) is 18.3. The van der Waals surface area contributed by atoms with Gasteiger partial charge in [-0.2, -0.15) is 11.8 Å². The maximum absolute atomic E-state index is 12.3. The maximum atomic E-state index is 12.3. The molecule has 0 aliphatic heterocycles. The lowest BCUT2D eigenvalue weighted by atomic mass is 10.0. The number of ether oxygens (including phenoxy) is 1. The zero-order valence-electron chi connectivity index (χ0n) is 14.7. The summed E-state index contributed by atoms with van der Waals surface area (Å²) < 4.78 is 5.41. The van der Waals surface area contributed by atoms with E-state index in [9.17, 15) is 4.79 Å². The number of thioether (sulfide) groups is 1. The van der Waals surface area contributed by atoms with E-state index in [1.807, 2.05) is 36.0 Å². The number of para-hydroxylation sites is 2. The Bertz CT molecular complexity index is 711. The highest BCUT2D eigenvalue weighted by atomic mass is 32.2. The largest absolute Gasteiger partial charge is 0.495 e. The molecule has 0 saturated heterocycles. The third kappa shape index (κ3) is 4.55. The van der Waals surface area contributed by atoms with E-state index in [4.69, 9.17) is 9.72 Å². The van der Waals surface area contributed by atoms with Crippen LogP contribution in [0.2, 0.25) is 0 Å². The average Bonchev–Trinajstić information content (AvgIpc) is 3.09. The van der Waals surface area contributed by atoms with E-state index in [2.05, 4.69) is 5.38 Å². The Balaban J connectivity index is 1.74. The molecule has 4 nitrogen and oxygen atoms in total. The van der Waals surface area contributed by atoms with Crippen LogP contribution in [0.15, 0.2) is 29.6 Å². The predicted octanol–water partition coefficient (Wildman–Crippen LogP) is 5.40. The number of hydrogen-bond donors (Lipinski definition) is 0. The number of aromatic nitrogens is 1. The molecular weight excluding hydrogens is 352 g/mol. The lowest BCUT2D eigenvalue weighted by Gasteiger charge is -2.21. The van der Waals surface area contributed by atoms with Gasteiger partial charge in [-0.3, -0.25) is 9.69 Å². The summed E-state index contributed by atoms with van der Waals surface area (Å²) in [4.78, 5) is 18.6. The zero-order valence-corrected chi connectivity index (χ0v) is 16.4. The Morgan fingerprint density at radius 1 is 1.32 bits per heavy atom. The molecule has 1 aromatic carbocycles. The summed E-state index contributed by atoms with van der Waals surface area (Å²) in [6.07, 6.45) is 6.73. The van der Waals surface area contributed by atoms with Crippen molar-refractivity contribution in [1.82, 2.24) is 4.98 Å². The van der Waals surface area contributed by atoms with Gasteiger partial charge in [0.15, 0.2) is 5.13 Å². The van der Waals surface area contributed by atoms with Gasteiger partial charge in [0.1, 0.15) is 5.75 Å². The molecule has 0 radical (unpaired) electrons. The fourth-order valence-electron chi connectivity index (χ4n) is 3.12. The second-order valence-corrected chi connectivity index (χ2v) is 8.34. The lowest BCUT2D eigenvalue weighted by Crippen LogP contribution is -2.23. The molecule has 0 bridgehead atoms. The molecular formula is C19H24N2O2S2. The second-order valence-electron chi connectivity index (χ2n) is 6.22. The molecule has 1 aliphatic carbocycles. The highest BCUT2D eigenvalue weighted by Gasteiger charge is 2.21. The summed E-state index contributed by atoms with van der Waals surface area (Å²) in [5, 5.41) is 3.53. The SMILES string of the molecule is COc1ccccc1N(C(C)=O)c1nc(CSC2CCCCC2)cs1. The van der Waals surface area contributed by atoms with Crippen molar-refractivity contribution in [2.45, 2.75) is 50.0 Å². The summed E-state index contributed by atoms with van der Waals surface area (Å²) in [6, 6.07) is 7.55. The van der Waals surface area contributed by atoms with Crippen LogP contribution in [0, 0.1) is 0 Å². The van der Waals surface area contributed by atoms with Crippen LogP contribution >= 0.6 is 23.1 Å². The number of benzene rings is 1. The van der Waals surface area contributed by atoms with E-state index in [-0.39, 0.29) is 5.91 Å². The Hall–Kier alpha value is -1.53. The van der Waals surface area contributed by atoms with Crippen LogP contribution in [-0.4, -0.2) is 23.3 Å². The summed E-state index contributed by atoms with van der Waals surface area (Å²) in [7, 11) is 1.62. The van der Waals surface area contributed by atoms with Crippen LogP contribution in [0.1, 0.15) is 44.7 Å². The van der Waals surface area contributed by atoms with Crippen molar-refractivity contribution in [2.75, 3.05) is 12.0 Å². The molecule has 2 aromatic rings. The van der Waals surface area contributed by atoms with Crippen LogP contribution in [0.5, 0.6) is 5.75 Å². The first-order chi connectivity index (χ1) is 12.2. The van der Waals surface area contributed by atoms with Gasteiger partial charge < -0.3 is 4.74 Å². The van der Waals surface area contributed by atoms with Gasteiger partial charge in [0.2, 0.25) is 5.91 Å². The number of thiazole rings is 1. The lowest BCUT2D eigenvalue weighted by molar-refractivity contribution is -0.115. The number of amides is 1. The molecule has 1 aromatic heterocycles. The quantitative estimate of drug-likeness (QED) is 0.677. The topological polar surface area (TPSA) is 42.4 Å². The second kappa shape index (κ2) is 8.72. The summed E-state index contributed by atoms with van der Waals surface area (Å²) in [5.41, 5.74) is 1.79. The number of rotatable bonds is 6. The minimum atomic E-state index is -0.0645. The van der Waals surface area contributed by atoms with Crippen molar-refractivity contribution in [1.29, 1.82) is 0 Å². The molecule has 1 fully saturated rings. The third-order valence-electron chi connectivity index (χ3n) is 4.39. The molecule has 134 valence electrons. The minimum absolute atomic E-state index is 0.0645. The van der Waals surface area contributed by atoms with Crippen LogP contribution in [0.3, 0.4) is 0 Å². The number of carbonyl (C=O) groups is 1. The third-order valence-corrected chi connectivity index (χ3v) is 6.67. The highest BCUT2D eigenvalue weighted by molar-refractivity contribution is 7.99. The van der Waals surface area contributed by atoms with Crippen LogP contribution < -0.4 is 9.64 Å². The van der Waals surface area contributed by atoms with Crippen LogP contribution in [-0.2, 0) is 10.5 Å². The first-order valence-corrected chi connectivity index (χ1v) is 10.6. The Morgan fingerprint density at radius 2 is 2.08 bits per heavy atom. The highest BCUT2D eigenvalue weighted by Crippen LogP contribution is 2.36. The molecule has 0 atom stereocenters. The van der Waals surface area contributed by atoms with E-state index in [1.54, 1.807) is 18.9 Å². The molecule has 6 heteroatoms. The molecule has 1 saturated carbocycles. The van der Waals surface area contributed by atoms with E-state index in [1.165, 1.54) is 43.4 Å². The van der Waals surface area contributed by atoms with E-state index >= 15 is 0 Å².